The summed E-state index contributed by atoms with van der Waals surface area (Å²) in [6.45, 7) is 0.101. The van der Waals surface area contributed by atoms with Crippen LogP contribution in [0.4, 0.5) is 4.79 Å². The molecule has 0 saturated carbocycles. The third kappa shape index (κ3) is 3.81. The number of nitrogens with zero attached hydrogens (tertiary/aromatic N) is 2. The topological polar surface area (TPSA) is 84.3 Å². The van der Waals surface area contributed by atoms with Crippen molar-refractivity contribution in [3.8, 4) is 0 Å². The minimum absolute atomic E-state index is 0.00436. The average Bonchev–Trinajstić information content (AvgIpc) is 2.25. The molecule has 1 rings (SSSR count). The Morgan fingerprint density at radius 2 is 2.50 bits per heavy atom. The highest BCUT2D eigenvalue weighted by Crippen LogP contribution is 1.89. The first-order valence-electron chi connectivity index (χ1n) is 4.09. The van der Waals surface area contributed by atoms with E-state index in [1.54, 1.807) is 12.3 Å². The molecular formula is C8H11N3O3. The van der Waals surface area contributed by atoms with Gasteiger partial charge in [-0.15, -0.1) is 0 Å². The number of aromatic nitrogens is 2. The number of carbonyl (C=O) groups excluding carboxylic acids is 1. The summed E-state index contributed by atoms with van der Waals surface area (Å²) in [6, 6.07) is 1.69. The summed E-state index contributed by atoms with van der Waals surface area (Å²) in [5, 5.41) is 10.8. The van der Waals surface area contributed by atoms with Crippen LogP contribution in [0.1, 0.15) is 5.69 Å². The summed E-state index contributed by atoms with van der Waals surface area (Å²) in [5.41, 5.74) is 0.695. The Hall–Kier alpha value is -1.69. The van der Waals surface area contributed by atoms with E-state index in [0.717, 1.165) is 0 Å². The number of rotatable bonds is 4. The van der Waals surface area contributed by atoms with Gasteiger partial charge in [0.05, 0.1) is 18.8 Å². The number of alkyl carbamates (subject to hydrolysis) is 1. The van der Waals surface area contributed by atoms with E-state index in [0.29, 0.717) is 5.69 Å². The van der Waals surface area contributed by atoms with Crippen LogP contribution in [0, 0.1) is 0 Å². The van der Waals surface area contributed by atoms with Crippen LogP contribution in [-0.4, -0.2) is 34.4 Å². The van der Waals surface area contributed by atoms with E-state index >= 15 is 0 Å². The Labute approximate surface area is 80.9 Å². The molecule has 0 aliphatic rings. The van der Waals surface area contributed by atoms with Gasteiger partial charge >= 0.3 is 6.09 Å². The van der Waals surface area contributed by atoms with Crippen molar-refractivity contribution in [3.05, 3.63) is 24.3 Å². The molecule has 1 aromatic rings. The zero-order valence-electron chi connectivity index (χ0n) is 7.51. The second-order valence-electron chi connectivity index (χ2n) is 2.41. The second-order valence-corrected chi connectivity index (χ2v) is 2.41. The molecule has 0 unspecified atom stereocenters. The van der Waals surface area contributed by atoms with Crippen LogP contribution in [-0.2, 0) is 11.3 Å². The summed E-state index contributed by atoms with van der Waals surface area (Å²) in [6.07, 6.45) is 2.41. The van der Waals surface area contributed by atoms with Gasteiger partial charge in [0, 0.05) is 6.20 Å². The molecule has 0 aliphatic heterocycles. The number of ether oxygens (including phenoxy) is 1. The van der Waals surface area contributed by atoms with E-state index in [9.17, 15) is 4.79 Å². The first-order valence-corrected chi connectivity index (χ1v) is 4.09. The first kappa shape index (κ1) is 10.4. The summed E-state index contributed by atoms with van der Waals surface area (Å²) in [7, 11) is 0. The Balaban J connectivity index is 2.24. The molecule has 0 atom stereocenters. The largest absolute Gasteiger partial charge is 0.447 e. The maximum atomic E-state index is 10.9. The van der Waals surface area contributed by atoms with Crippen LogP contribution in [0.3, 0.4) is 0 Å². The highest BCUT2D eigenvalue weighted by molar-refractivity contribution is 5.66. The van der Waals surface area contributed by atoms with Gasteiger partial charge in [0.15, 0.2) is 0 Å². The fourth-order valence-electron chi connectivity index (χ4n) is 0.775. The minimum Gasteiger partial charge on any atom is -0.447 e. The van der Waals surface area contributed by atoms with Crippen molar-refractivity contribution in [1.29, 1.82) is 0 Å². The molecule has 0 fully saturated rings. The molecule has 2 N–H and O–H groups in total. The van der Waals surface area contributed by atoms with Gasteiger partial charge in [-0.3, -0.25) is 0 Å². The van der Waals surface area contributed by atoms with Crippen molar-refractivity contribution >= 4 is 6.09 Å². The molecule has 0 radical (unpaired) electrons. The van der Waals surface area contributed by atoms with Crippen LogP contribution in [0.5, 0.6) is 0 Å². The Bertz CT molecular complexity index is 278. The van der Waals surface area contributed by atoms with Gasteiger partial charge in [-0.05, 0) is 6.07 Å². The van der Waals surface area contributed by atoms with Gasteiger partial charge in [-0.2, -0.15) is 0 Å². The van der Waals surface area contributed by atoms with E-state index in [1.807, 2.05) is 0 Å². The lowest BCUT2D eigenvalue weighted by atomic mass is 10.4. The summed E-state index contributed by atoms with van der Waals surface area (Å²) >= 11 is 0. The minimum atomic E-state index is -0.572. The molecule has 0 spiro atoms. The molecule has 0 saturated heterocycles. The molecule has 1 amide bonds. The predicted octanol–water partition coefficient (Wildman–Crippen LogP) is -0.305. The van der Waals surface area contributed by atoms with E-state index in [1.165, 1.54) is 6.33 Å². The Morgan fingerprint density at radius 3 is 3.14 bits per heavy atom. The molecule has 0 aliphatic carbocycles. The standard InChI is InChI=1S/C8H11N3O3/c12-3-4-14-8(13)10-5-7-1-2-9-6-11-7/h1-2,6,12H,3-5H2,(H,10,13). The Kier molecular flexibility index (Phi) is 4.36. The van der Waals surface area contributed by atoms with Crippen molar-refractivity contribution in [2.45, 2.75) is 6.54 Å². The zero-order valence-corrected chi connectivity index (χ0v) is 7.51. The molecule has 6 heteroatoms. The molecule has 0 aromatic carbocycles. The number of aliphatic hydroxyl groups is 1. The summed E-state index contributed by atoms with van der Waals surface area (Å²) in [5.74, 6) is 0. The van der Waals surface area contributed by atoms with Gasteiger partial charge in [0.25, 0.3) is 0 Å². The molecule has 0 bridgehead atoms. The van der Waals surface area contributed by atoms with E-state index in [-0.39, 0.29) is 19.8 Å². The summed E-state index contributed by atoms with van der Waals surface area (Å²) < 4.78 is 4.57. The number of hydrogen-bond acceptors (Lipinski definition) is 5. The molecular weight excluding hydrogens is 186 g/mol. The van der Waals surface area contributed by atoms with Crippen LogP contribution in [0.25, 0.3) is 0 Å². The maximum Gasteiger partial charge on any atom is 0.407 e. The van der Waals surface area contributed by atoms with Gasteiger partial charge < -0.3 is 15.2 Å². The van der Waals surface area contributed by atoms with Gasteiger partial charge in [0.2, 0.25) is 0 Å². The third-order valence-corrected chi connectivity index (χ3v) is 1.38. The van der Waals surface area contributed by atoms with Gasteiger partial charge in [-0.25, -0.2) is 14.8 Å². The van der Waals surface area contributed by atoms with E-state index < -0.39 is 6.09 Å². The lowest BCUT2D eigenvalue weighted by molar-refractivity contribution is 0.118. The predicted molar refractivity (Wildman–Crippen MR) is 47.3 cm³/mol. The molecule has 6 nitrogen and oxygen atoms in total. The quantitative estimate of drug-likeness (QED) is 0.692. The average molecular weight is 197 g/mol. The first-order chi connectivity index (χ1) is 6.83. The summed E-state index contributed by atoms with van der Waals surface area (Å²) in [4.78, 5) is 18.5. The monoisotopic (exact) mass is 197 g/mol. The highest BCUT2D eigenvalue weighted by atomic mass is 16.6. The smallest absolute Gasteiger partial charge is 0.407 e. The van der Waals surface area contributed by atoms with Gasteiger partial charge in [0.1, 0.15) is 12.9 Å². The van der Waals surface area contributed by atoms with E-state index in [4.69, 9.17) is 5.11 Å². The number of carbonyl (C=O) groups is 1. The maximum absolute atomic E-state index is 10.9. The fourth-order valence-corrected chi connectivity index (χ4v) is 0.775. The van der Waals surface area contributed by atoms with Gasteiger partial charge in [-0.1, -0.05) is 0 Å². The number of aliphatic hydroxyl groups excluding tert-OH is 1. The van der Waals surface area contributed by atoms with Crippen LogP contribution in [0.2, 0.25) is 0 Å². The number of hydrogen-bond donors (Lipinski definition) is 2. The molecule has 1 heterocycles. The Morgan fingerprint density at radius 1 is 1.64 bits per heavy atom. The van der Waals surface area contributed by atoms with Crippen molar-refractivity contribution in [2.24, 2.45) is 0 Å². The van der Waals surface area contributed by atoms with Crippen LogP contribution < -0.4 is 5.32 Å². The number of amides is 1. The van der Waals surface area contributed by atoms with Crippen molar-refractivity contribution < 1.29 is 14.6 Å². The molecule has 14 heavy (non-hydrogen) atoms. The van der Waals surface area contributed by atoms with Crippen molar-refractivity contribution in [2.75, 3.05) is 13.2 Å². The SMILES string of the molecule is O=C(NCc1ccncn1)OCCO. The fraction of sp³-hybridized carbons (Fsp3) is 0.375. The molecule has 76 valence electrons. The van der Waals surface area contributed by atoms with Crippen molar-refractivity contribution in [3.63, 3.8) is 0 Å². The number of nitrogens with one attached hydrogen (secondary N) is 1. The lowest BCUT2D eigenvalue weighted by Crippen LogP contribution is -2.25. The lowest BCUT2D eigenvalue weighted by Gasteiger charge is -2.04. The highest BCUT2D eigenvalue weighted by Gasteiger charge is 2.00. The molecule has 1 aromatic heterocycles. The third-order valence-electron chi connectivity index (χ3n) is 1.38. The van der Waals surface area contributed by atoms with E-state index in [2.05, 4.69) is 20.0 Å². The zero-order chi connectivity index (χ0) is 10.2. The second kappa shape index (κ2) is 5.87. The van der Waals surface area contributed by atoms with Crippen LogP contribution >= 0.6 is 0 Å². The normalized spacial score (nSPS) is 9.50. The van der Waals surface area contributed by atoms with Crippen molar-refractivity contribution in [1.82, 2.24) is 15.3 Å². The van der Waals surface area contributed by atoms with Crippen LogP contribution in [0.15, 0.2) is 18.6 Å².